The summed E-state index contributed by atoms with van der Waals surface area (Å²) < 4.78 is 31.1. The van der Waals surface area contributed by atoms with Crippen LogP contribution in [-0.4, -0.2) is 35.5 Å². The third-order valence-electron chi connectivity index (χ3n) is 4.97. The van der Waals surface area contributed by atoms with Gasteiger partial charge < -0.3 is 9.72 Å². The van der Waals surface area contributed by atoms with E-state index in [0.717, 1.165) is 24.1 Å². The van der Waals surface area contributed by atoms with Crippen LogP contribution in [0, 0.1) is 0 Å². The molecule has 4 rings (SSSR count). The molecule has 3 heterocycles. The molecule has 0 aliphatic heterocycles. The van der Waals surface area contributed by atoms with E-state index in [1.54, 1.807) is 0 Å². The molecule has 8 heteroatoms. The van der Waals surface area contributed by atoms with Gasteiger partial charge in [-0.15, -0.1) is 0 Å². The summed E-state index contributed by atoms with van der Waals surface area (Å²) in [6.45, 7) is 0. The SMILES string of the molecule is COc1ccc(S(=O)(=O)c2c[nH]c3c(C4CCCCC4)ncnc23)cn1. The summed E-state index contributed by atoms with van der Waals surface area (Å²) in [6, 6.07) is 3.02. The summed E-state index contributed by atoms with van der Waals surface area (Å²) in [6.07, 6.45) is 10.0. The zero-order chi connectivity index (χ0) is 18.1. The fourth-order valence-electron chi connectivity index (χ4n) is 3.60. The van der Waals surface area contributed by atoms with Gasteiger partial charge in [0.1, 0.15) is 16.7 Å². The second-order valence-electron chi connectivity index (χ2n) is 6.51. The van der Waals surface area contributed by atoms with Gasteiger partial charge in [-0.05, 0) is 18.9 Å². The van der Waals surface area contributed by atoms with Gasteiger partial charge in [-0.1, -0.05) is 19.3 Å². The highest BCUT2D eigenvalue weighted by molar-refractivity contribution is 7.91. The molecule has 1 saturated carbocycles. The molecule has 1 N–H and O–H groups in total. The van der Waals surface area contributed by atoms with E-state index in [4.69, 9.17) is 4.74 Å². The minimum Gasteiger partial charge on any atom is -0.481 e. The van der Waals surface area contributed by atoms with E-state index < -0.39 is 9.84 Å². The van der Waals surface area contributed by atoms with Crippen LogP contribution in [0.4, 0.5) is 0 Å². The molecule has 26 heavy (non-hydrogen) atoms. The van der Waals surface area contributed by atoms with Crippen molar-refractivity contribution < 1.29 is 13.2 Å². The Labute approximate surface area is 151 Å². The van der Waals surface area contributed by atoms with Crippen molar-refractivity contribution in [2.45, 2.75) is 47.8 Å². The predicted molar refractivity (Wildman–Crippen MR) is 96.0 cm³/mol. The van der Waals surface area contributed by atoms with Crippen LogP contribution in [0.2, 0.25) is 0 Å². The monoisotopic (exact) mass is 372 g/mol. The molecule has 0 saturated heterocycles. The second kappa shape index (κ2) is 6.68. The highest BCUT2D eigenvalue weighted by atomic mass is 32.2. The molecule has 0 bridgehead atoms. The van der Waals surface area contributed by atoms with Crippen molar-refractivity contribution in [1.29, 1.82) is 0 Å². The first-order valence-corrected chi connectivity index (χ1v) is 10.2. The molecule has 0 aromatic carbocycles. The Morgan fingerprint density at radius 2 is 1.92 bits per heavy atom. The van der Waals surface area contributed by atoms with Gasteiger partial charge in [0.15, 0.2) is 0 Å². The van der Waals surface area contributed by atoms with E-state index in [0.29, 0.717) is 17.3 Å². The quantitative estimate of drug-likeness (QED) is 0.755. The predicted octanol–water partition coefficient (Wildman–Crippen LogP) is 3.24. The van der Waals surface area contributed by atoms with Crippen molar-refractivity contribution in [3.8, 4) is 5.88 Å². The lowest BCUT2D eigenvalue weighted by molar-refractivity contribution is 0.397. The van der Waals surface area contributed by atoms with Gasteiger partial charge in [0.25, 0.3) is 0 Å². The van der Waals surface area contributed by atoms with Gasteiger partial charge in [0.2, 0.25) is 15.7 Å². The number of aromatic amines is 1. The summed E-state index contributed by atoms with van der Waals surface area (Å²) in [5.74, 6) is 0.718. The number of sulfone groups is 1. The van der Waals surface area contributed by atoms with Crippen LogP contribution in [0.1, 0.15) is 43.7 Å². The van der Waals surface area contributed by atoms with Crippen LogP contribution < -0.4 is 4.74 Å². The lowest BCUT2D eigenvalue weighted by Gasteiger charge is -2.21. The van der Waals surface area contributed by atoms with Crippen molar-refractivity contribution in [3.63, 3.8) is 0 Å². The first kappa shape index (κ1) is 17.0. The average molecular weight is 372 g/mol. The van der Waals surface area contributed by atoms with Crippen LogP contribution >= 0.6 is 0 Å². The van der Waals surface area contributed by atoms with E-state index in [-0.39, 0.29) is 9.79 Å². The van der Waals surface area contributed by atoms with Crippen molar-refractivity contribution in [1.82, 2.24) is 19.9 Å². The number of H-pyrrole nitrogens is 1. The number of nitrogens with zero attached hydrogens (tertiary/aromatic N) is 3. The second-order valence-corrected chi connectivity index (χ2v) is 8.43. The number of pyridine rings is 1. The summed E-state index contributed by atoms with van der Waals surface area (Å²) in [5, 5.41) is 0. The smallest absolute Gasteiger partial charge is 0.212 e. The standard InChI is InChI=1S/C18H20N4O3S/c1-25-15-8-7-13(9-19-15)26(23,24)14-10-20-18-16(21-11-22-17(14)18)12-5-3-2-4-6-12/h7-12,20H,2-6H2,1H3. The van der Waals surface area contributed by atoms with E-state index in [1.807, 2.05) is 0 Å². The lowest BCUT2D eigenvalue weighted by atomic mass is 9.86. The molecule has 1 fully saturated rings. The van der Waals surface area contributed by atoms with Crippen LogP contribution in [0.15, 0.2) is 40.6 Å². The largest absolute Gasteiger partial charge is 0.481 e. The average Bonchev–Trinajstić information content (AvgIpc) is 3.14. The number of rotatable bonds is 4. The van der Waals surface area contributed by atoms with Gasteiger partial charge in [0.05, 0.1) is 23.2 Å². The summed E-state index contributed by atoms with van der Waals surface area (Å²) in [4.78, 5) is 16.1. The molecule has 1 aliphatic carbocycles. The molecule has 7 nitrogen and oxygen atoms in total. The molecule has 0 radical (unpaired) electrons. The molecule has 1 aliphatic rings. The normalized spacial score (nSPS) is 16.0. The number of ether oxygens (including phenoxy) is 1. The Hall–Kier alpha value is -2.48. The number of nitrogens with one attached hydrogen (secondary N) is 1. The third kappa shape index (κ3) is 2.84. The van der Waals surface area contributed by atoms with Gasteiger partial charge in [-0.25, -0.2) is 23.4 Å². The number of hydrogen-bond acceptors (Lipinski definition) is 6. The molecule has 0 unspecified atom stereocenters. The van der Waals surface area contributed by atoms with Crippen LogP contribution in [0.25, 0.3) is 11.0 Å². The number of methoxy groups -OCH3 is 1. The molecule has 3 aromatic rings. The van der Waals surface area contributed by atoms with E-state index in [1.165, 1.54) is 57.2 Å². The molecule has 136 valence electrons. The Kier molecular flexibility index (Phi) is 4.36. The van der Waals surface area contributed by atoms with Crippen molar-refractivity contribution in [2.75, 3.05) is 7.11 Å². The van der Waals surface area contributed by atoms with Crippen LogP contribution in [-0.2, 0) is 9.84 Å². The minimum atomic E-state index is -3.73. The van der Waals surface area contributed by atoms with Crippen LogP contribution in [0.5, 0.6) is 5.88 Å². The summed E-state index contributed by atoms with van der Waals surface area (Å²) >= 11 is 0. The highest BCUT2D eigenvalue weighted by Crippen LogP contribution is 2.36. The molecule has 0 atom stereocenters. The summed E-state index contributed by atoms with van der Waals surface area (Å²) in [5.41, 5.74) is 2.08. The first-order chi connectivity index (χ1) is 12.6. The highest BCUT2D eigenvalue weighted by Gasteiger charge is 2.26. The zero-order valence-corrected chi connectivity index (χ0v) is 15.3. The number of fused-ring (bicyclic) bond motifs is 1. The zero-order valence-electron chi connectivity index (χ0n) is 14.5. The maximum absolute atomic E-state index is 13.0. The van der Waals surface area contributed by atoms with E-state index in [2.05, 4.69) is 19.9 Å². The third-order valence-corrected chi connectivity index (χ3v) is 6.72. The van der Waals surface area contributed by atoms with Crippen molar-refractivity contribution in [3.05, 3.63) is 36.5 Å². The van der Waals surface area contributed by atoms with Gasteiger partial charge in [-0.2, -0.15) is 0 Å². The van der Waals surface area contributed by atoms with Crippen molar-refractivity contribution in [2.24, 2.45) is 0 Å². The molecular weight excluding hydrogens is 352 g/mol. The van der Waals surface area contributed by atoms with E-state index in [9.17, 15) is 8.42 Å². The molecule has 0 spiro atoms. The van der Waals surface area contributed by atoms with Crippen molar-refractivity contribution >= 4 is 20.9 Å². The van der Waals surface area contributed by atoms with Gasteiger partial charge in [-0.3, -0.25) is 0 Å². The fraction of sp³-hybridized carbons (Fsp3) is 0.389. The maximum Gasteiger partial charge on any atom is 0.212 e. The number of aromatic nitrogens is 4. The topological polar surface area (TPSA) is 97.8 Å². The maximum atomic E-state index is 13.0. The minimum absolute atomic E-state index is 0.108. The van der Waals surface area contributed by atoms with Crippen LogP contribution in [0.3, 0.4) is 0 Å². The molecule has 3 aromatic heterocycles. The van der Waals surface area contributed by atoms with Gasteiger partial charge in [0, 0.05) is 24.4 Å². The number of hydrogen-bond donors (Lipinski definition) is 1. The van der Waals surface area contributed by atoms with E-state index >= 15 is 0 Å². The Morgan fingerprint density at radius 1 is 1.12 bits per heavy atom. The Balaban J connectivity index is 1.79. The Morgan fingerprint density at radius 3 is 2.62 bits per heavy atom. The Bertz CT molecular complexity index is 1020. The summed E-state index contributed by atoms with van der Waals surface area (Å²) in [7, 11) is -2.25. The molecule has 0 amide bonds. The first-order valence-electron chi connectivity index (χ1n) is 8.68. The lowest BCUT2D eigenvalue weighted by Crippen LogP contribution is -2.08. The fourth-order valence-corrected chi connectivity index (χ4v) is 4.91. The van der Waals surface area contributed by atoms with Gasteiger partial charge >= 0.3 is 0 Å². The molecular formula is C18H20N4O3S.